The molecule has 3 rings (SSSR count). The molecule has 0 unspecified atom stereocenters. The molecule has 0 radical (unpaired) electrons. The maximum absolute atomic E-state index is 13.0. The first kappa shape index (κ1) is 16.6. The molecule has 0 N–H and O–H groups in total. The first-order chi connectivity index (χ1) is 11.5. The number of nitrogens with zero attached hydrogens (tertiary/aromatic N) is 4. The van der Waals surface area contributed by atoms with Crippen LogP contribution >= 0.6 is 0 Å². The zero-order valence-corrected chi connectivity index (χ0v) is 14.5. The van der Waals surface area contributed by atoms with E-state index in [1.54, 1.807) is 17.2 Å². The van der Waals surface area contributed by atoms with Crippen LogP contribution in [-0.4, -0.2) is 50.9 Å². The summed E-state index contributed by atoms with van der Waals surface area (Å²) in [5.74, 6) is 0.0606. The van der Waals surface area contributed by atoms with Crippen molar-refractivity contribution in [1.82, 2.24) is 19.7 Å². The molecule has 0 saturated carbocycles. The molecular formula is C18H24N4O2. The van der Waals surface area contributed by atoms with Crippen LogP contribution in [0, 0.1) is 6.92 Å². The van der Waals surface area contributed by atoms with E-state index in [4.69, 9.17) is 4.74 Å². The summed E-state index contributed by atoms with van der Waals surface area (Å²) in [4.78, 5) is 14.9. The third-order valence-corrected chi connectivity index (χ3v) is 4.27. The SMILES string of the molecule is Cc1ccc(-n2cnnc2)c(C(=O)N2CCC(OC(C)C)CC2)c1. The van der Waals surface area contributed by atoms with Crippen molar-refractivity contribution in [3.05, 3.63) is 42.0 Å². The number of ether oxygens (including phenoxy) is 1. The van der Waals surface area contributed by atoms with E-state index in [0.29, 0.717) is 5.56 Å². The smallest absolute Gasteiger partial charge is 0.255 e. The van der Waals surface area contributed by atoms with Gasteiger partial charge in [0.25, 0.3) is 5.91 Å². The lowest BCUT2D eigenvalue weighted by Gasteiger charge is -2.33. The fourth-order valence-electron chi connectivity index (χ4n) is 3.12. The van der Waals surface area contributed by atoms with Crippen molar-refractivity contribution in [3.63, 3.8) is 0 Å². The van der Waals surface area contributed by atoms with Gasteiger partial charge in [-0.3, -0.25) is 9.36 Å². The summed E-state index contributed by atoms with van der Waals surface area (Å²) in [6, 6.07) is 5.88. The molecule has 1 aliphatic rings. The van der Waals surface area contributed by atoms with Gasteiger partial charge in [0, 0.05) is 13.1 Å². The van der Waals surface area contributed by atoms with Gasteiger partial charge in [0.2, 0.25) is 0 Å². The summed E-state index contributed by atoms with van der Waals surface area (Å²) in [6.45, 7) is 7.55. The number of piperidine rings is 1. The highest BCUT2D eigenvalue weighted by atomic mass is 16.5. The van der Waals surface area contributed by atoms with Gasteiger partial charge in [0.1, 0.15) is 12.7 Å². The van der Waals surface area contributed by atoms with Crippen LogP contribution in [0.3, 0.4) is 0 Å². The number of aryl methyl sites for hydroxylation is 1. The Kier molecular flexibility index (Phi) is 4.94. The highest BCUT2D eigenvalue weighted by Gasteiger charge is 2.26. The van der Waals surface area contributed by atoms with Crippen LogP contribution in [0.4, 0.5) is 0 Å². The Morgan fingerprint density at radius 2 is 1.88 bits per heavy atom. The van der Waals surface area contributed by atoms with Crippen molar-refractivity contribution < 1.29 is 9.53 Å². The number of hydrogen-bond acceptors (Lipinski definition) is 4. The normalized spacial score (nSPS) is 15.9. The van der Waals surface area contributed by atoms with Crippen LogP contribution in [0.5, 0.6) is 0 Å². The second-order valence-electron chi connectivity index (χ2n) is 6.57. The Hall–Kier alpha value is -2.21. The molecule has 1 aromatic carbocycles. The summed E-state index contributed by atoms with van der Waals surface area (Å²) in [5, 5.41) is 7.69. The number of benzene rings is 1. The molecule has 1 fully saturated rings. The number of rotatable bonds is 4. The van der Waals surface area contributed by atoms with Crippen molar-refractivity contribution in [2.75, 3.05) is 13.1 Å². The highest BCUT2D eigenvalue weighted by molar-refractivity contribution is 5.98. The van der Waals surface area contributed by atoms with Gasteiger partial charge >= 0.3 is 0 Å². The van der Waals surface area contributed by atoms with Crippen LogP contribution in [0.15, 0.2) is 30.9 Å². The lowest BCUT2D eigenvalue weighted by atomic mass is 10.0. The van der Waals surface area contributed by atoms with Crippen molar-refractivity contribution in [2.24, 2.45) is 0 Å². The van der Waals surface area contributed by atoms with E-state index in [1.807, 2.05) is 30.0 Å². The second kappa shape index (κ2) is 7.13. The molecule has 0 atom stereocenters. The number of likely N-dealkylation sites (tertiary alicyclic amines) is 1. The van der Waals surface area contributed by atoms with Gasteiger partial charge in [-0.15, -0.1) is 10.2 Å². The molecule has 24 heavy (non-hydrogen) atoms. The molecule has 2 aromatic rings. The highest BCUT2D eigenvalue weighted by Crippen LogP contribution is 2.22. The predicted octanol–water partition coefficient (Wildman–Crippen LogP) is 2.61. The van der Waals surface area contributed by atoms with E-state index < -0.39 is 0 Å². The van der Waals surface area contributed by atoms with E-state index in [-0.39, 0.29) is 18.1 Å². The maximum atomic E-state index is 13.0. The van der Waals surface area contributed by atoms with Crippen LogP contribution in [0.1, 0.15) is 42.6 Å². The summed E-state index contributed by atoms with van der Waals surface area (Å²) < 4.78 is 7.65. The van der Waals surface area contributed by atoms with Gasteiger partial charge in [-0.1, -0.05) is 11.6 Å². The number of amides is 1. The minimum atomic E-state index is 0.0606. The zero-order chi connectivity index (χ0) is 17.1. The summed E-state index contributed by atoms with van der Waals surface area (Å²) >= 11 is 0. The van der Waals surface area contributed by atoms with Gasteiger partial charge in [-0.05, 0) is 45.7 Å². The predicted molar refractivity (Wildman–Crippen MR) is 91.2 cm³/mol. The fourth-order valence-corrected chi connectivity index (χ4v) is 3.12. The Labute approximate surface area is 142 Å². The maximum Gasteiger partial charge on any atom is 0.255 e. The topological polar surface area (TPSA) is 60.2 Å². The third kappa shape index (κ3) is 3.64. The monoisotopic (exact) mass is 328 g/mol. The summed E-state index contributed by atoms with van der Waals surface area (Å²) in [7, 11) is 0. The first-order valence-electron chi connectivity index (χ1n) is 8.45. The lowest BCUT2D eigenvalue weighted by Crippen LogP contribution is -2.41. The lowest BCUT2D eigenvalue weighted by molar-refractivity contribution is -0.0236. The van der Waals surface area contributed by atoms with Gasteiger partial charge in [-0.2, -0.15) is 0 Å². The molecular weight excluding hydrogens is 304 g/mol. The number of aromatic nitrogens is 3. The molecule has 1 saturated heterocycles. The molecule has 6 heteroatoms. The molecule has 0 spiro atoms. The van der Waals surface area contributed by atoms with E-state index >= 15 is 0 Å². The van der Waals surface area contributed by atoms with Gasteiger partial charge in [-0.25, -0.2) is 0 Å². The zero-order valence-electron chi connectivity index (χ0n) is 14.5. The van der Waals surface area contributed by atoms with Crippen molar-refractivity contribution in [2.45, 2.75) is 45.8 Å². The molecule has 128 valence electrons. The van der Waals surface area contributed by atoms with E-state index in [0.717, 1.165) is 37.2 Å². The molecule has 1 aliphatic heterocycles. The van der Waals surface area contributed by atoms with Crippen LogP contribution in [0.25, 0.3) is 5.69 Å². The number of carbonyl (C=O) groups excluding carboxylic acids is 1. The van der Waals surface area contributed by atoms with Crippen LogP contribution in [0.2, 0.25) is 0 Å². The molecule has 1 aromatic heterocycles. The minimum absolute atomic E-state index is 0.0606. The Morgan fingerprint density at radius 3 is 2.50 bits per heavy atom. The van der Waals surface area contributed by atoms with Gasteiger partial charge < -0.3 is 9.64 Å². The minimum Gasteiger partial charge on any atom is -0.375 e. The largest absolute Gasteiger partial charge is 0.375 e. The van der Waals surface area contributed by atoms with Crippen molar-refractivity contribution in [3.8, 4) is 5.69 Å². The average molecular weight is 328 g/mol. The number of carbonyl (C=O) groups is 1. The molecule has 0 bridgehead atoms. The quantitative estimate of drug-likeness (QED) is 0.865. The fraction of sp³-hybridized carbons (Fsp3) is 0.500. The molecule has 1 amide bonds. The van der Waals surface area contributed by atoms with Crippen molar-refractivity contribution >= 4 is 5.91 Å². The van der Waals surface area contributed by atoms with Crippen molar-refractivity contribution in [1.29, 1.82) is 0 Å². The van der Waals surface area contributed by atoms with Crippen LogP contribution < -0.4 is 0 Å². The molecule has 6 nitrogen and oxygen atoms in total. The Bertz CT molecular complexity index is 689. The summed E-state index contributed by atoms with van der Waals surface area (Å²) in [5.41, 5.74) is 2.57. The summed E-state index contributed by atoms with van der Waals surface area (Å²) in [6.07, 6.45) is 5.49. The van der Waals surface area contributed by atoms with Crippen LogP contribution in [-0.2, 0) is 4.74 Å². The number of hydrogen-bond donors (Lipinski definition) is 0. The van der Waals surface area contributed by atoms with E-state index in [1.165, 1.54) is 0 Å². The Morgan fingerprint density at radius 1 is 1.21 bits per heavy atom. The average Bonchev–Trinajstić information content (AvgIpc) is 3.08. The molecule has 0 aliphatic carbocycles. The van der Waals surface area contributed by atoms with E-state index in [9.17, 15) is 4.79 Å². The van der Waals surface area contributed by atoms with Gasteiger partial charge in [0.15, 0.2) is 0 Å². The molecule has 2 heterocycles. The third-order valence-electron chi connectivity index (χ3n) is 4.27. The second-order valence-corrected chi connectivity index (χ2v) is 6.57. The standard InChI is InChI=1S/C18H24N4O2/c1-13(2)24-15-6-8-21(9-7-15)18(23)16-10-14(3)4-5-17(16)22-11-19-20-12-22/h4-5,10-13,15H,6-9H2,1-3H3. The first-order valence-corrected chi connectivity index (χ1v) is 8.45. The van der Waals surface area contributed by atoms with E-state index in [2.05, 4.69) is 24.0 Å². The Balaban J connectivity index is 1.77. The van der Waals surface area contributed by atoms with Gasteiger partial charge in [0.05, 0.1) is 23.5 Å².